The molecule has 5 rings (SSSR count). The van der Waals surface area contributed by atoms with E-state index in [0.29, 0.717) is 12.2 Å². The molecule has 154 valence electrons. The number of hydrogen-bond donors (Lipinski definition) is 0. The predicted molar refractivity (Wildman–Crippen MR) is 111 cm³/mol. The number of rotatable bonds is 4. The van der Waals surface area contributed by atoms with Gasteiger partial charge in [0.05, 0.1) is 17.6 Å². The fraction of sp³-hybridized carbons (Fsp3) is 0.273. The number of nitrogens with zero attached hydrogens (tertiary/aromatic N) is 5. The Bertz CT molecular complexity index is 1230. The molecule has 0 saturated carbocycles. The third-order valence-electron chi connectivity index (χ3n) is 5.45. The summed E-state index contributed by atoms with van der Waals surface area (Å²) in [7, 11) is 1.89. The predicted octanol–water partition coefficient (Wildman–Crippen LogP) is 4.73. The van der Waals surface area contributed by atoms with Crippen molar-refractivity contribution in [1.29, 1.82) is 0 Å². The lowest BCUT2D eigenvalue weighted by atomic mass is 10.1. The van der Waals surface area contributed by atoms with E-state index < -0.39 is 6.61 Å². The van der Waals surface area contributed by atoms with Crippen molar-refractivity contribution in [3.63, 3.8) is 0 Å². The number of aromatic nitrogens is 4. The van der Waals surface area contributed by atoms with Crippen molar-refractivity contribution in [3.05, 3.63) is 60.2 Å². The quantitative estimate of drug-likeness (QED) is 0.489. The van der Waals surface area contributed by atoms with Crippen LogP contribution in [0.15, 0.2) is 48.9 Å². The molecule has 0 atom stereocenters. The summed E-state index contributed by atoms with van der Waals surface area (Å²) in [5.74, 6) is 1.06. The van der Waals surface area contributed by atoms with Gasteiger partial charge in [-0.3, -0.25) is 9.08 Å². The first-order valence-electron chi connectivity index (χ1n) is 9.83. The lowest BCUT2D eigenvalue weighted by Crippen LogP contribution is -2.26. The monoisotopic (exact) mass is 409 g/mol. The Morgan fingerprint density at radius 3 is 2.77 bits per heavy atom. The second kappa shape index (κ2) is 7.12. The number of halogens is 2. The van der Waals surface area contributed by atoms with Crippen molar-refractivity contribution in [1.82, 2.24) is 19.2 Å². The van der Waals surface area contributed by atoms with Crippen LogP contribution in [0.5, 0.6) is 5.75 Å². The molecule has 4 aromatic rings. The van der Waals surface area contributed by atoms with Gasteiger partial charge < -0.3 is 9.64 Å². The Labute approximate surface area is 172 Å². The zero-order valence-corrected chi connectivity index (χ0v) is 16.7. The number of imidazole rings is 1. The average molecular weight is 409 g/mol. The van der Waals surface area contributed by atoms with E-state index in [2.05, 4.69) is 24.3 Å². The second-order valence-corrected chi connectivity index (χ2v) is 7.48. The number of para-hydroxylation sites is 2. The van der Waals surface area contributed by atoms with Crippen LogP contribution in [0.2, 0.25) is 0 Å². The number of aryl methyl sites for hydroxylation is 3. The third kappa shape index (κ3) is 3.08. The first-order valence-corrected chi connectivity index (χ1v) is 9.83. The van der Waals surface area contributed by atoms with Gasteiger partial charge in [0.1, 0.15) is 17.2 Å². The van der Waals surface area contributed by atoms with Gasteiger partial charge in [0.25, 0.3) is 0 Å². The molecule has 0 amide bonds. The lowest BCUT2D eigenvalue weighted by Gasteiger charge is -2.30. The van der Waals surface area contributed by atoms with Crippen LogP contribution in [0.1, 0.15) is 17.7 Å². The zero-order valence-electron chi connectivity index (χ0n) is 16.7. The maximum atomic E-state index is 13.0. The summed E-state index contributed by atoms with van der Waals surface area (Å²) in [6.07, 6.45) is 7.59. The van der Waals surface area contributed by atoms with Gasteiger partial charge in [-0.1, -0.05) is 12.1 Å². The maximum absolute atomic E-state index is 13.0. The first-order chi connectivity index (χ1) is 14.5. The highest BCUT2D eigenvalue weighted by molar-refractivity contribution is 5.75. The van der Waals surface area contributed by atoms with E-state index in [1.165, 1.54) is 0 Å². The lowest BCUT2D eigenvalue weighted by molar-refractivity contribution is -0.0494. The second-order valence-electron chi connectivity index (χ2n) is 7.48. The molecule has 0 N–H and O–H groups in total. The molecule has 0 aliphatic carbocycles. The molecule has 0 spiro atoms. The number of pyridine rings is 1. The summed E-state index contributed by atoms with van der Waals surface area (Å²) in [6.45, 7) is -0.127. The van der Waals surface area contributed by atoms with Crippen molar-refractivity contribution < 1.29 is 13.5 Å². The zero-order chi connectivity index (χ0) is 20.8. The van der Waals surface area contributed by atoms with Crippen LogP contribution < -0.4 is 9.64 Å². The van der Waals surface area contributed by atoms with E-state index in [0.717, 1.165) is 46.7 Å². The van der Waals surface area contributed by atoms with Crippen molar-refractivity contribution in [2.24, 2.45) is 7.05 Å². The third-order valence-corrected chi connectivity index (χ3v) is 5.45. The Hall–Kier alpha value is -3.42. The van der Waals surface area contributed by atoms with Crippen LogP contribution in [-0.2, 0) is 13.5 Å². The largest absolute Gasteiger partial charge is 0.433 e. The molecule has 0 fully saturated rings. The molecule has 1 aromatic carbocycles. The summed E-state index contributed by atoms with van der Waals surface area (Å²) < 4.78 is 34.6. The maximum Gasteiger partial charge on any atom is 0.387 e. The van der Waals surface area contributed by atoms with Gasteiger partial charge in [-0.2, -0.15) is 13.9 Å². The van der Waals surface area contributed by atoms with E-state index in [-0.39, 0.29) is 5.75 Å². The molecule has 0 bridgehead atoms. The summed E-state index contributed by atoms with van der Waals surface area (Å²) in [6, 6.07) is 8.97. The molecule has 1 aliphatic rings. The van der Waals surface area contributed by atoms with Gasteiger partial charge in [0.15, 0.2) is 0 Å². The van der Waals surface area contributed by atoms with Gasteiger partial charge in [-0.15, -0.1) is 0 Å². The summed E-state index contributed by atoms with van der Waals surface area (Å²) in [5, 5.41) is 4.28. The SMILES string of the molecule is Cc1cc2nc3c(n2cc1-c1cnn(C)c1)N(c1ccccc1OC(F)F)CCC3. The van der Waals surface area contributed by atoms with Crippen LogP contribution in [0.4, 0.5) is 20.3 Å². The fourth-order valence-electron chi connectivity index (χ4n) is 4.16. The van der Waals surface area contributed by atoms with Crippen LogP contribution in [0.25, 0.3) is 16.8 Å². The van der Waals surface area contributed by atoms with Crippen molar-refractivity contribution in [2.45, 2.75) is 26.4 Å². The van der Waals surface area contributed by atoms with Crippen LogP contribution >= 0.6 is 0 Å². The molecule has 4 heterocycles. The number of benzene rings is 1. The number of ether oxygens (including phenoxy) is 1. The van der Waals surface area contributed by atoms with E-state index in [9.17, 15) is 8.78 Å². The van der Waals surface area contributed by atoms with E-state index in [4.69, 9.17) is 9.72 Å². The molecule has 0 radical (unpaired) electrons. The Morgan fingerprint density at radius 1 is 1.17 bits per heavy atom. The normalized spacial score (nSPS) is 13.8. The van der Waals surface area contributed by atoms with E-state index in [1.54, 1.807) is 16.8 Å². The molecule has 3 aromatic heterocycles. The van der Waals surface area contributed by atoms with Crippen molar-refractivity contribution in [3.8, 4) is 16.9 Å². The van der Waals surface area contributed by atoms with Gasteiger partial charge in [0.2, 0.25) is 0 Å². The minimum atomic E-state index is -2.88. The van der Waals surface area contributed by atoms with Gasteiger partial charge in [0, 0.05) is 37.1 Å². The Balaban J connectivity index is 1.69. The van der Waals surface area contributed by atoms with Crippen LogP contribution in [-0.4, -0.2) is 32.3 Å². The van der Waals surface area contributed by atoms with E-state index >= 15 is 0 Å². The van der Waals surface area contributed by atoms with Crippen LogP contribution in [0, 0.1) is 6.92 Å². The number of anilines is 2. The fourth-order valence-corrected chi connectivity index (χ4v) is 4.16. The molecular weight excluding hydrogens is 388 g/mol. The molecule has 0 unspecified atom stereocenters. The minimum Gasteiger partial charge on any atom is -0.433 e. The molecule has 8 heteroatoms. The van der Waals surface area contributed by atoms with Gasteiger partial charge in [-0.25, -0.2) is 4.98 Å². The Morgan fingerprint density at radius 2 is 2.00 bits per heavy atom. The standard InChI is InChI=1S/C22H21F2N5O/c1-14-10-20-26-17-6-5-9-28(18-7-3-4-8-19(18)30-22(23)24)21(17)29(20)13-16(14)15-11-25-27(2)12-15/h3-4,7-8,10-13,22H,5-6,9H2,1-2H3. The summed E-state index contributed by atoms with van der Waals surface area (Å²) in [4.78, 5) is 6.86. The number of alkyl halides is 2. The van der Waals surface area contributed by atoms with Crippen LogP contribution in [0.3, 0.4) is 0 Å². The summed E-state index contributed by atoms with van der Waals surface area (Å²) in [5.41, 5.74) is 5.58. The highest BCUT2D eigenvalue weighted by atomic mass is 19.3. The molecule has 6 nitrogen and oxygen atoms in total. The Kier molecular flexibility index (Phi) is 4.42. The highest BCUT2D eigenvalue weighted by Crippen LogP contribution is 2.40. The van der Waals surface area contributed by atoms with Gasteiger partial charge >= 0.3 is 6.61 Å². The molecule has 0 saturated heterocycles. The topological polar surface area (TPSA) is 47.6 Å². The molecular formula is C22H21F2N5O. The highest BCUT2D eigenvalue weighted by Gasteiger charge is 2.27. The number of hydrogen-bond acceptors (Lipinski definition) is 4. The minimum absolute atomic E-state index is 0.162. The van der Waals surface area contributed by atoms with Crippen molar-refractivity contribution in [2.75, 3.05) is 11.4 Å². The molecule has 30 heavy (non-hydrogen) atoms. The van der Waals surface area contributed by atoms with Crippen molar-refractivity contribution >= 4 is 17.2 Å². The first kappa shape index (κ1) is 18.6. The summed E-state index contributed by atoms with van der Waals surface area (Å²) >= 11 is 0. The molecule has 1 aliphatic heterocycles. The average Bonchev–Trinajstić information content (AvgIpc) is 3.30. The van der Waals surface area contributed by atoms with Gasteiger partial charge in [-0.05, 0) is 43.5 Å². The van der Waals surface area contributed by atoms with E-state index in [1.807, 2.05) is 40.9 Å². The smallest absolute Gasteiger partial charge is 0.387 e. The number of fused-ring (bicyclic) bond motifs is 3.